The first-order chi connectivity index (χ1) is 9.58. The zero-order valence-electron chi connectivity index (χ0n) is 11.9. The summed E-state index contributed by atoms with van der Waals surface area (Å²) in [6.07, 6.45) is 1.95. The smallest absolute Gasteiger partial charge is 0.129 e. The van der Waals surface area contributed by atoms with Crippen LogP contribution in [0.25, 0.3) is 0 Å². The summed E-state index contributed by atoms with van der Waals surface area (Å²) in [5.41, 5.74) is 1.67. The number of nitrogens with zero attached hydrogens (tertiary/aromatic N) is 1. The van der Waals surface area contributed by atoms with Crippen molar-refractivity contribution in [1.82, 2.24) is 9.88 Å². The van der Waals surface area contributed by atoms with Crippen molar-refractivity contribution in [3.8, 4) is 0 Å². The van der Waals surface area contributed by atoms with E-state index in [0.717, 1.165) is 18.8 Å². The van der Waals surface area contributed by atoms with Crippen LogP contribution in [0, 0.1) is 11.7 Å². The first-order valence-corrected chi connectivity index (χ1v) is 7.23. The lowest BCUT2D eigenvalue weighted by atomic mass is 10.2. The van der Waals surface area contributed by atoms with E-state index >= 15 is 0 Å². The number of aromatic nitrogens is 1. The van der Waals surface area contributed by atoms with Crippen molar-refractivity contribution >= 4 is 11.6 Å². The van der Waals surface area contributed by atoms with Gasteiger partial charge in [0.25, 0.3) is 0 Å². The Labute approximate surface area is 124 Å². The molecule has 2 aromatic rings. The summed E-state index contributed by atoms with van der Waals surface area (Å²) < 4.78 is 15.8. The Morgan fingerprint density at radius 3 is 2.75 bits per heavy atom. The molecule has 1 aromatic heterocycles. The molecule has 108 valence electrons. The van der Waals surface area contributed by atoms with Crippen LogP contribution in [0.5, 0.6) is 0 Å². The second-order valence-corrected chi connectivity index (χ2v) is 5.76. The summed E-state index contributed by atoms with van der Waals surface area (Å²) >= 11 is 6.08. The molecule has 0 unspecified atom stereocenters. The van der Waals surface area contributed by atoms with E-state index in [1.807, 2.05) is 22.9 Å². The van der Waals surface area contributed by atoms with Gasteiger partial charge in [-0.15, -0.1) is 0 Å². The Morgan fingerprint density at radius 2 is 2.05 bits per heavy atom. The molecule has 0 radical (unpaired) electrons. The lowest BCUT2D eigenvalue weighted by Crippen LogP contribution is -2.21. The fraction of sp³-hybridized carbons (Fsp3) is 0.375. The van der Waals surface area contributed by atoms with E-state index in [9.17, 15) is 4.39 Å². The highest BCUT2D eigenvalue weighted by molar-refractivity contribution is 6.31. The summed E-state index contributed by atoms with van der Waals surface area (Å²) in [5, 5.41) is 3.87. The molecule has 0 bridgehead atoms. The second-order valence-electron chi connectivity index (χ2n) is 5.35. The quantitative estimate of drug-likeness (QED) is 0.849. The van der Waals surface area contributed by atoms with Crippen molar-refractivity contribution in [2.45, 2.75) is 26.9 Å². The monoisotopic (exact) mass is 294 g/mol. The van der Waals surface area contributed by atoms with Crippen LogP contribution in [0.2, 0.25) is 5.02 Å². The van der Waals surface area contributed by atoms with Gasteiger partial charge in [-0.2, -0.15) is 0 Å². The minimum atomic E-state index is -0.257. The molecule has 0 aliphatic rings. The van der Waals surface area contributed by atoms with E-state index in [-0.39, 0.29) is 5.82 Å². The Hall–Kier alpha value is -1.32. The number of halogens is 2. The van der Waals surface area contributed by atoms with Gasteiger partial charge < -0.3 is 9.88 Å². The number of benzene rings is 1. The molecule has 0 saturated carbocycles. The van der Waals surface area contributed by atoms with Crippen molar-refractivity contribution < 1.29 is 4.39 Å². The zero-order valence-corrected chi connectivity index (χ0v) is 12.6. The van der Waals surface area contributed by atoms with E-state index in [4.69, 9.17) is 11.6 Å². The van der Waals surface area contributed by atoms with E-state index in [0.29, 0.717) is 23.0 Å². The number of hydrogen-bond acceptors (Lipinski definition) is 1. The van der Waals surface area contributed by atoms with Gasteiger partial charge >= 0.3 is 0 Å². The second kappa shape index (κ2) is 6.91. The molecule has 0 amide bonds. The molecule has 0 aliphatic heterocycles. The highest BCUT2D eigenvalue weighted by Gasteiger charge is 2.09. The molecule has 1 aromatic carbocycles. The van der Waals surface area contributed by atoms with E-state index in [2.05, 4.69) is 19.2 Å². The molecular formula is C16H20ClFN2. The van der Waals surface area contributed by atoms with E-state index < -0.39 is 0 Å². The van der Waals surface area contributed by atoms with Crippen molar-refractivity contribution in [3.63, 3.8) is 0 Å². The minimum absolute atomic E-state index is 0.257. The average Bonchev–Trinajstić information content (AvgIpc) is 2.81. The molecule has 0 aliphatic carbocycles. The van der Waals surface area contributed by atoms with E-state index in [1.165, 1.54) is 6.07 Å². The Morgan fingerprint density at radius 1 is 1.25 bits per heavy atom. The molecule has 0 fully saturated rings. The topological polar surface area (TPSA) is 17.0 Å². The predicted molar refractivity (Wildman–Crippen MR) is 81.5 cm³/mol. The molecule has 0 atom stereocenters. The van der Waals surface area contributed by atoms with Crippen LogP contribution in [0.1, 0.15) is 25.1 Å². The summed E-state index contributed by atoms with van der Waals surface area (Å²) in [5.74, 6) is 0.353. The highest BCUT2D eigenvalue weighted by Crippen LogP contribution is 2.20. The molecule has 1 N–H and O–H groups in total. The van der Waals surface area contributed by atoms with Gasteiger partial charge in [0.2, 0.25) is 0 Å². The van der Waals surface area contributed by atoms with Gasteiger partial charge in [-0.1, -0.05) is 31.5 Å². The van der Waals surface area contributed by atoms with Crippen LogP contribution in [-0.2, 0) is 13.1 Å². The summed E-state index contributed by atoms with van der Waals surface area (Å²) in [7, 11) is 0. The first-order valence-electron chi connectivity index (χ1n) is 6.85. The van der Waals surface area contributed by atoms with Crippen LogP contribution in [0.15, 0.2) is 36.5 Å². The minimum Gasteiger partial charge on any atom is -0.346 e. The normalized spacial score (nSPS) is 11.2. The van der Waals surface area contributed by atoms with Gasteiger partial charge in [-0.25, -0.2) is 4.39 Å². The third kappa shape index (κ3) is 3.84. The van der Waals surface area contributed by atoms with Gasteiger partial charge in [0.15, 0.2) is 0 Å². The fourth-order valence-electron chi connectivity index (χ4n) is 2.11. The molecule has 0 spiro atoms. The fourth-order valence-corrected chi connectivity index (χ4v) is 2.33. The lowest BCUT2D eigenvalue weighted by Gasteiger charge is -2.13. The maximum atomic E-state index is 13.8. The maximum absolute atomic E-state index is 13.8. The molecule has 4 heteroatoms. The first kappa shape index (κ1) is 15.1. The molecule has 20 heavy (non-hydrogen) atoms. The standard InChI is InChI=1S/C16H20ClFN2/c1-12(2)9-19-10-13-5-4-8-20(13)11-14-15(17)6-3-7-16(14)18/h3-8,12,19H,9-11H2,1-2H3. The average molecular weight is 295 g/mol. The zero-order chi connectivity index (χ0) is 14.5. The largest absolute Gasteiger partial charge is 0.346 e. The predicted octanol–water partition coefficient (Wildman–Crippen LogP) is 4.07. The van der Waals surface area contributed by atoms with Gasteiger partial charge in [0, 0.05) is 29.0 Å². The van der Waals surface area contributed by atoms with Gasteiger partial charge in [-0.05, 0) is 36.7 Å². The molecule has 0 saturated heterocycles. The van der Waals surface area contributed by atoms with Crippen molar-refractivity contribution in [2.75, 3.05) is 6.54 Å². The van der Waals surface area contributed by atoms with Gasteiger partial charge in [0.05, 0.1) is 6.54 Å². The molecule has 2 nitrogen and oxygen atoms in total. The van der Waals surface area contributed by atoms with Gasteiger partial charge in [-0.3, -0.25) is 0 Å². The summed E-state index contributed by atoms with van der Waals surface area (Å²) in [6.45, 7) is 6.54. The maximum Gasteiger partial charge on any atom is 0.129 e. The third-order valence-electron chi connectivity index (χ3n) is 3.17. The Bertz CT molecular complexity index is 543. The SMILES string of the molecule is CC(C)CNCc1cccn1Cc1c(F)cccc1Cl. The number of rotatable bonds is 6. The lowest BCUT2D eigenvalue weighted by molar-refractivity contribution is 0.536. The van der Waals surface area contributed by atoms with Crippen LogP contribution in [0.3, 0.4) is 0 Å². The molecule has 1 heterocycles. The Balaban J connectivity index is 2.09. The highest BCUT2D eigenvalue weighted by atomic mass is 35.5. The van der Waals surface area contributed by atoms with E-state index in [1.54, 1.807) is 12.1 Å². The summed E-state index contributed by atoms with van der Waals surface area (Å²) in [4.78, 5) is 0. The number of hydrogen-bond donors (Lipinski definition) is 1. The third-order valence-corrected chi connectivity index (χ3v) is 3.53. The van der Waals surface area contributed by atoms with Crippen molar-refractivity contribution in [3.05, 3.63) is 58.6 Å². The van der Waals surface area contributed by atoms with Gasteiger partial charge in [0.1, 0.15) is 5.82 Å². The van der Waals surface area contributed by atoms with Crippen molar-refractivity contribution in [1.29, 1.82) is 0 Å². The van der Waals surface area contributed by atoms with Crippen LogP contribution >= 0.6 is 11.6 Å². The molecular weight excluding hydrogens is 275 g/mol. The van der Waals surface area contributed by atoms with Crippen LogP contribution in [-0.4, -0.2) is 11.1 Å². The van der Waals surface area contributed by atoms with Crippen LogP contribution in [0.4, 0.5) is 4.39 Å². The Kier molecular flexibility index (Phi) is 5.21. The van der Waals surface area contributed by atoms with Crippen LogP contribution < -0.4 is 5.32 Å². The number of nitrogens with one attached hydrogen (secondary N) is 1. The summed E-state index contributed by atoms with van der Waals surface area (Å²) in [6, 6.07) is 8.81. The molecule has 2 rings (SSSR count). The van der Waals surface area contributed by atoms with Crippen molar-refractivity contribution in [2.24, 2.45) is 5.92 Å².